The van der Waals surface area contributed by atoms with E-state index >= 15 is 0 Å². The van der Waals surface area contributed by atoms with E-state index in [1.54, 1.807) is 5.38 Å². The first kappa shape index (κ1) is 25.6. The number of hydrogen-bond donors (Lipinski definition) is 3. The number of aliphatic carboxylic acids is 1. The van der Waals surface area contributed by atoms with E-state index in [0.717, 1.165) is 16.9 Å². The Balaban J connectivity index is 1.52. The molecule has 2 atom stereocenters. The summed E-state index contributed by atoms with van der Waals surface area (Å²) < 4.78 is 1.89. The summed E-state index contributed by atoms with van der Waals surface area (Å²) in [6.07, 6.45) is 3.82. The molecule has 0 spiro atoms. The predicted octanol–water partition coefficient (Wildman–Crippen LogP) is 1.10. The van der Waals surface area contributed by atoms with Crippen LogP contribution in [0, 0.1) is 0 Å². The van der Waals surface area contributed by atoms with Crippen molar-refractivity contribution in [1.82, 2.24) is 15.2 Å². The van der Waals surface area contributed by atoms with E-state index in [0.29, 0.717) is 17.9 Å². The zero-order chi connectivity index (χ0) is 26.2. The van der Waals surface area contributed by atoms with Crippen LogP contribution in [-0.2, 0) is 31.2 Å². The highest BCUT2D eigenvalue weighted by Crippen LogP contribution is 2.40. The summed E-state index contributed by atoms with van der Waals surface area (Å²) >= 11 is 2.54. The second-order valence-electron chi connectivity index (χ2n) is 9.32. The highest BCUT2D eigenvalue weighted by molar-refractivity contribution is 8.00. The zero-order valence-electron chi connectivity index (χ0n) is 20.2. The van der Waals surface area contributed by atoms with E-state index in [2.05, 4.69) is 36.2 Å². The highest BCUT2D eigenvalue weighted by atomic mass is 32.2. The number of anilines is 1. The van der Waals surface area contributed by atoms with Crippen molar-refractivity contribution in [3.63, 3.8) is 0 Å². The van der Waals surface area contributed by atoms with Crippen LogP contribution >= 0.6 is 23.1 Å². The lowest BCUT2D eigenvalue weighted by atomic mass is 9.88. The first-order valence-electron chi connectivity index (χ1n) is 11.0. The van der Waals surface area contributed by atoms with Crippen molar-refractivity contribution in [2.75, 3.05) is 18.6 Å². The summed E-state index contributed by atoms with van der Waals surface area (Å²) in [6, 6.07) is 3.11. The van der Waals surface area contributed by atoms with Gasteiger partial charge in [0.05, 0.1) is 0 Å². The van der Waals surface area contributed by atoms with Gasteiger partial charge in [0, 0.05) is 28.8 Å². The third-order valence-corrected chi connectivity index (χ3v) is 7.84. The minimum atomic E-state index is -1.18. The lowest BCUT2D eigenvalue weighted by Crippen LogP contribution is -2.71. The van der Waals surface area contributed by atoms with Crippen molar-refractivity contribution >= 4 is 51.7 Å². The number of nitrogen functional groups attached to an aromatic ring is 1. The van der Waals surface area contributed by atoms with Crippen LogP contribution < -0.4 is 15.6 Å². The van der Waals surface area contributed by atoms with Gasteiger partial charge in [0.25, 0.3) is 11.8 Å². The molecule has 13 heteroatoms. The monoisotopic (exact) mass is 531 g/mol. The number of aromatic nitrogens is 2. The van der Waals surface area contributed by atoms with Crippen molar-refractivity contribution in [2.24, 2.45) is 5.16 Å². The molecule has 190 valence electrons. The quantitative estimate of drug-likeness (QED) is 0.208. The number of carbonyl (C=O) groups excluding carboxylic acids is 2. The second kappa shape index (κ2) is 9.90. The Hall–Kier alpha value is -3.45. The summed E-state index contributed by atoms with van der Waals surface area (Å²) in [6.45, 7) is 6.70. The van der Waals surface area contributed by atoms with E-state index in [1.165, 1.54) is 23.8 Å². The van der Waals surface area contributed by atoms with Gasteiger partial charge in [-0.05, 0) is 11.0 Å². The van der Waals surface area contributed by atoms with E-state index in [4.69, 9.17) is 10.6 Å². The summed E-state index contributed by atoms with van der Waals surface area (Å²) in [4.78, 5) is 48.1. The third-order valence-electron chi connectivity index (χ3n) is 5.83. The average molecular weight is 532 g/mol. The number of carboxylic acids is 1. The van der Waals surface area contributed by atoms with Gasteiger partial charge in [0.1, 0.15) is 29.9 Å². The molecular weight excluding hydrogens is 504 g/mol. The largest absolute Gasteiger partial charge is 0.477 e. The molecule has 0 aliphatic carbocycles. The van der Waals surface area contributed by atoms with Gasteiger partial charge in [-0.2, -0.15) is 0 Å². The molecule has 11 nitrogen and oxygen atoms in total. The first-order chi connectivity index (χ1) is 17.0. The molecule has 0 saturated carbocycles. The lowest BCUT2D eigenvalue weighted by molar-refractivity contribution is -0.689. The van der Waals surface area contributed by atoms with Crippen molar-refractivity contribution in [3.05, 3.63) is 52.4 Å². The van der Waals surface area contributed by atoms with Crippen LogP contribution in [0.25, 0.3) is 0 Å². The molecule has 2 aromatic heterocycles. The van der Waals surface area contributed by atoms with Crippen LogP contribution in [0.2, 0.25) is 0 Å². The number of carboxylic acid groups (broad SMARTS) is 1. The summed E-state index contributed by atoms with van der Waals surface area (Å²) in [5.74, 6) is -1.95. The van der Waals surface area contributed by atoms with Crippen molar-refractivity contribution in [3.8, 4) is 0 Å². The predicted molar refractivity (Wildman–Crippen MR) is 135 cm³/mol. The van der Waals surface area contributed by atoms with Gasteiger partial charge in [-0.15, -0.1) is 23.1 Å². The van der Waals surface area contributed by atoms with Crippen LogP contribution in [-0.4, -0.2) is 62.8 Å². The SMILES string of the molecule is CO/N=C(\C(=O)N[C@@H]1C(=O)N2C(C(=O)O)=C(C[n+]3ccc(C(C)(C)C)cc3)CS[C@H]12)c1csc(N)n1. The Morgan fingerprint density at radius 3 is 2.61 bits per heavy atom. The molecule has 2 aliphatic rings. The van der Waals surface area contributed by atoms with E-state index < -0.39 is 29.2 Å². The lowest BCUT2D eigenvalue weighted by Gasteiger charge is -2.49. The Morgan fingerprint density at radius 1 is 1.36 bits per heavy atom. The number of fused-ring (bicyclic) bond motifs is 1. The minimum absolute atomic E-state index is 0.00190. The van der Waals surface area contributed by atoms with Gasteiger partial charge in [-0.1, -0.05) is 25.9 Å². The second-order valence-corrected chi connectivity index (χ2v) is 11.3. The minimum Gasteiger partial charge on any atom is -0.477 e. The Kier molecular flexibility index (Phi) is 7.05. The fourth-order valence-electron chi connectivity index (χ4n) is 3.99. The maximum Gasteiger partial charge on any atom is 0.352 e. The molecule has 2 amide bonds. The molecule has 4 N–H and O–H groups in total. The molecule has 1 saturated heterocycles. The summed E-state index contributed by atoms with van der Waals surface area (Å²) in [5.41, 5.74) is 7.50. The standard InChI is InChI=1S/C23H26N6O5S2/c1-23(2,3)13-5-7-28(8-6-13)9-12-10-35-20-16(19(31)29(20)17(12)21(32)33)26-18(30)15(27-34-4)14-11-36-22(24)25-14/h5-8,11,16,20H,9-10H2,1-4H3,(H3-,24,25,26,30,32,33)/p+1/b27-15-/t16-,20-/m1/s1. The molecule has 0 radical (unpaired) electrons. The zero-order valence-corrected chi connectivity index (χ0v) is 21.9. The number of β-lactam (4-membered cyclic amide) rings is 1. The third kappa shape index (κ3) is 4.93. The Bertz CT molecular complexity index is 1260. The van der Waals surface area contributed by atoms with E-state index in [1.807, 2.05) is 29.1 Å². The van der Waals surface area contributed by atoms with Crippen molar-refractivity contribution in [2.45, 2.75) is 44.1 Å². The number of rotatable bonds is 7. The Morgan fingerprint density at radius 2 is 2.06 bits per heavy atom. The molecule has 1 fully saturated rings. The van der Waals surface area contributed by atoms with E-state index in [-0.39, 0.29) is 27.6 Å². The molecule has 4 rings (SSSR count). The fraction of sp³-hybridized carbons (Fsp3) is 0.391. The van der Waals surface area contributed by atoms with E-state index in [9.17, 15) is 19.5 Å². The van der Waals surface area contributed by atoms with Gasteiger partial charge in [-0.25, -0.2) is 14.3 Å². The normalized spacial score (nSPS) is 20.1. The molecule has 2 aliphatic heterocycles. The number of nitrogens with two attached hydrogens (primary N) is 1. The molecular formula is C23H27N6O5S2+. The number of thiazole rings is 1. The first-order valence-corrected chi connectivity index (χ1v) is 13.0. The molecule has 4 heterocycles. The van der Waals surface area contributed by atoms with Crippen LogP contribution in [0.3, 0.4) is 0 Å². The number of pyridine rings is 1. The summed E-state index contributed by atoms with van der Waals surface area (Å²) in [7, 11) is 1.29. The number of hydrogen-bond acceptors (Lipinski definition) is 9. The average Bonchev–Trinajstić information content (AvgIpc) is 3.25. The van der Waals surface area contributed by atoms with Gasteiger partial charge >= 0.3 is 5.97 Å². The van der Waals surface area contributed by atoms with Gasteiger partial charge in [0.15, 0.2) is 29.8 Å². The molecule has 36 heavy (non-hydrogen) atoms. The number of amides is 2. The smallest absolute Gasteiger partial charge is 0.352 e. The fourth-order valence-corrected chi connectivity index (χ4v) is 5.87. The molecule has 0 aromatic carbocycles. The maximum atomic E-state index is 13.0. The molecule has 0 unspecified atom stereocenters. The van der Waals surface area contributed by atoms with Gasteiger partial charge in [0.2, 0.25) is 0 Å². The Labute approximate surface area is 216 Å². The maximum absolute atomic E-state index is 13.0. The van der Waals surface area contributed by atoms with Crippen LogP contribution in [0.5, 0.6) is 0 Å². The summed E-state index contributed by atoms with van der Waals surface area (Å²) in [5, 5.41) is 17.6. The van der Waals surface area contributed by atoms with Crippen molar-refractivity contribution < 1.29 is 28.9 Å². The molecule has 0 bridgehead atoms. The number of nitrogens with zero attached hydrogens (tertiary/aromatic N) is 4. The number of carbonyl (C=O) groups is 3. The molecule has 2 aromatic rings. The van der Waals surface area contributed by atoms with Crippen LogP contribution in [0.1, 0.15) is 32.0 Å². The number of thioether (sulfide) groups is 1. The number of nitrogens with one attached hydrogen (secondary N) is 1. The van der Waals surface area contributed by atoms with Crippen molar-refractivity contribution in [1.29, 1.82) is 0 Å². The van der Waals surface area contributed by atoms with Crippen LogP contribution in [0.15, 0.2) is 46.3 Å². The van der Waals surface area contributed by atoms with Gasteiger partial charge in [-0.3, -0.25) is 14.5 Å². The van der Waals surface area contributed by atoms with Crippen LogP contribution in [0.4, 0.5) is 5.13 Å². The number of oxime groups is 1. The van der Waals surface area contributed by atoms with Gasteiger partial charge < -0.3 is 21.0 Å². The topological polar surface area (TPSA) is 151 Å². The highest BCUT2D eigenvalue weighted by Gasteiger charge is 2.54.